The Bertz CT molecular complexity index is 910. The van der Waals surface area contributed by atoms with Crippen LogP contribution in [0.4, 0.5) is 19.0 Å². The highest BCUT2D eigenvalue weighted by Gasteiger charge is 2.43. The maximum Gasteiger partial charge on any atom is 0.352 e. The van der Waals surface area contributed by atoms with E-state index in [0.717, 1.165) is 12.1 Å². The fourth-order valence-corrected chi connectivity index (χ4v) is 3.43. The van der Waals surface area contributed by atoms with Crippen molar-refractivity contribution in [2.75, 3.05) is 24.7 Å². The van der Waals surface area contributed by atoms with E-state index in [2.05, 4.69) is 9.88 Å². The summed E-state index contributed by atoms with van der Waals surface area (Å²) in [5.74, 6) is -3.41. The first-order chi connectivity index (χ1) is 12.4. The number of nitrogens with zero attached hydrogens (tertiary/aromatic N) is 3. The molecule has 0 radical (unpaired) electrons. The Morgan fingerprint density at radius 1 is 1.27 bits per heavy atom. The quantitative estimate of drug-likeness (QED) is 0.775. The Labute approximate surface area is 146 Å². The average molecular weight is 367 g/mol. The Morgan fingerprint density at radius 3 is 2.73 bits per heavy atom. The molecule has 1 fully saturated rings. The summed E-state index contributed by atoms with van der Waals surface area (Å²) < 4.78 is 52.1. The molecule has 26 heavy (non-hydrogen) atoms. The van der Waals surface area contributed by atoms with Gasteiger partial charge in [0.2, 0.25) is 5.88 Å². The van der Waals surface area contributed by atoms with E-state index in [-0.39, 0.29) is 23.6 Å². The molecule has 2 aliphatic heterocycles. The molecule has 9 heteroatoms. The number of benzene rings is 1. The van der Waals surface area contributed by atoms with E-state index in [4.69, 9.17) is 9.47 Å². The minimum Gasteiger partial charge on any atom is -0.473 e. The molecule has 138 valence electrons. The summed E-state index contributed by atoms with van der Waals surface area (Å²) in [7, 11) is 0. The van der Waals surface area contributed by atoms with E-state index in [0.29, 0.717) is 32.1 Å². The lowest BCUT2D eigenvalue weighted by Gasteiger charge is -2.39. The second-order valence-corrected chi connectivity index (χ2v) is 6.68. The van der Waals surface area contributed by atoms with Gasteiger partial charge in [0.05, 0.1) is 25.3 Å². The van der Waals surface area contributed by atoms with E-state index in [1.807, 2.05) is 6.92 Å². The molecule has 6 nitrogen and oxygen atoms in total. The highest BCUT2D eigenvalue weighted by Crippen LogP contribution is 2.35. The topological polar surface area (TPSA) is 56.6 Å². The van der Waals surface area contributed by atoms with Crippen molar-refractivity contribution in [3.63, 3.8) is 0 Å². The summed E-state index contributed by atoms with van der Waals surface area (Å²) >= 11 is 0. The zero-order valence-electron chi connectivity index (χ0n) is 14.0. The maximum absolute atomic E-state index is 13.3. The minimum atomic E-state index is -1.53. The van der Waals surface area contributed by atoms with E-state index in [1.54, 1.807) is 10.6 Å². The third kappa shape index (κ3) is 2.72. The van der Waals surface area contributed by atoms with Crippen molar-refractivity contribution >= 4 is 5.82 Å². The van der Waals surface area contributed by atoms with Gasteiger partial charge in [0.25, 0.3) is 0 Å². The number of halogens is 3. The lowest BCUT2D eigenvalue weighted by atomic mass is 10.0. The first-order valence-electron chi connectivity index (χ1n) is 8.11. The van der Waals surface area contributed by atoms with Gasteiger partial charge in [-0.05, 0) is 24.6 Å². The first-order valence-corrected chi connectivity index (χ1v) is 8.11. The lowest BCUT2D eigenvalue weighted by molar-refractivity contribution is 0.0586. The fourth-order valence-electron chi connectivity index (χ4n) is 3.43. The Balaban J connectivity index is 1.59. The minimum absolute atomic E-state index is 0.0436. The van der Waals surface area contributed by atoms with Crippen molar-refractivity contribution in [1.82, 2.24) is 9.55 Å². The second-order valence-electron chi connectivity index (χ2n) is 6.68. The molecule has 1 atom stereocenters. The molecular formula is C17H16F3N3O3. The second kappa shape index (κ2) is 6.01. The molecule has 1 saturated heterocycles. The van der Waals surface area contributed by atoms with Crippen molar-refractivity contribution in [3.05, 3.63) is 51.7 Å². The molecule has 3 heterocycles. The first kappa shape index (κ1) is 16.9. The van der Waals surface area contributed by atoms with Crippen LogP contribution >= 0.6 is 0 Å². The van der Waals surface area contributed by atoms with Gasteiger partial charge in [-0.15, -0.1) is 0 Å². The summed E-state index contributed by atoms with van der Waals surface area (Å²) in [5.41, 5.74) is -0.696. The van der Waals surface area contributed by atoms with E-state index in [9.17, 15) is 18.0 Å². The molecule has 1 aromatic carbocycles. The summed E-state index contributed by atoms with van der Waals surface area (Å²) in [5, 5.41) is 0. The Kier molecular flexibility index (Phi) is 3.91. The smallest absolute Gasteiger partial charge is 0.352 e. The van der Waals surface area contributed by atoms with Crippen LogP contribution in [0, 0.1) is 17.5 Å². The standard InChI is InChI=1S/C17H16F3N3O3/c1-17-8-22-14(23(17)2-3-25-9-17)6-13(21-16(22)24)26-7-10-4-11(18)15(20)12(19)5-10/h4-6H,2-3,7-9H2,1H3/t17-/m1/s1. The molecule has 0 saturated carbocycles. The van der Waals surface area contributed by atoms with Crippen molar-refractivity contribution in [2.24, 2.45) is 0 Å². The van der Waals surface area contributed by atoms with Crippen LogP contribution in [0.5, 0.6) is 5.88 Å². The van der Waals surface area contributed by atoms with Crippen LogP contribution in [-0.4, -0.2) is 34.8 Å². The molecule has 2 aromatic rings. The number of hydrogen-bond donors (Lipinski definition) is 0. The number of hydrogen-bond acceptors (Lipinski definition) is 5. The van der Waals surface area contributed by atoms with Crippen LogP contribution < -0.4 is 15.3 Å². The van der Waals surface area contributed by atoms with Gasteiger partial charge in [-0.3, -0.25) is 4.57 Å². The average Bonchev–Trinajstić information content (AvgIpc) is 2.91. The zero-order valence-corrected chi connectivity index (χ0v) is 14.0. The monoisotopic (exact) mass is 367 g/mol. The predicted molar refractivity (Wildman–Crippen MR) is 85.7 cm³/mol. The van der Waals surface area contributed by atoms with Gasteiger partial charge < -0.3 is 14.4 Å². The molecule has 1 aromatic heterocycles. The van der Waals surface area contributed by atoms with Gasteiger partial charge in [-0.1, -0.05) is 0 Å². The molecule has 0 aliphatic carbocycles. The van der Waals surface area contributed by atoms with Crippen LogP contribution in [0.2, 0.25) is 0 Å². The van der Waals surface area contributed by atoms with E-state index in [1.165, 1.54) is 0 Å². The summed E-state index contributed by atoms with van der Waals surface area (Å²) in [6, 6.07) is 3.31. The molecule has 0 unspecified atom stereocenters. The van der Waals surface area contributed by atoms with Gasteiger partial charge in [-0.2, -0.15) is 4.98 Å². The van der Waals surface area contributed by atoms with E-state index >= 15 is 0 Å². The van der Waals surface area contributed by atoms with Gasteiger partial charge in [0, 0.05) is 12.6 Å². The number of ether oxygens (including phenoxy) is 2. The summed E-state index contributed by atoms with van der Waals surface area (Å²) in [4.78, 5) is 18.3. The fraction of sp³-hybridized carbons (Fsp3) is 0.412. The van der Waals surface area contributed by atoms with Crippen molar-refractivity contribution < 1.29 is 22.6 Å². The lowest BCUT2D eigenvalue weighted by Crippen LogP contribution is -2.53. The summed E-state index contributed by atoms with van der Waals surface area (Å²) in [6.07, 6.45) is 0. The predicted octanol–water partition coefficient (Wildman–Crippen LogP) is 1.85. The molecule has 0 bridgehead atoms. The summed E-state index contributed by atoms with van der Waals surface area (Å²) in [6.45, 7) is 3.90. The van der Waals surface area contributed by atoms with Crippen LogP contribution in [0.25, 0.3) is 0 Å². The molecule has 0 spiro atoms. The number of morpholine rings is 1. The molecule has 2 aliphatic rings. The number of fused-ring (bicyclic) bond motifs is 3. The maximum atomic E-state index is 13.3. The number of anilines is 1. The van der Waals surface area contributed by atoms with Gasteiger partial charge in [0.1, 0.15) is 12.4 Å². The normalized spacial score (nSPS) is 21.5. The van der Waals surface area contributed by atoms with Crippen LogP contribution in [-0.2, 0) is 17.9 Å². The van der Waals surface area contributed by atoms with Crippen molar-refractivity contribution in [2.45, 2.75) is 25.6 Å². The van der Waals surface area contributed by atoms with Gasteiger partial charge in [0.15, 0.2) is 17.5 Å². The van der Waals surface area contributed by atoms with Crippen molar-refractivity contribution in [1.29, 1.82) is 0 Å². The van der Waals surface area contributed by atoms with Crippen LogP contribution in [0.1, 0.15) is 12.5 Å². The third-order valence-corrected chi connectivity index (χ3v) is 4.70. The van der Waals surface area contributed by atoms with Crippen LogP contribution in [0.15, 0.2) is 23.0 Å². The van der Waals surface area contributed by atoms with E-state index < -0.39 is 23.1 Å². The SMILES string of the molecule is C[C@@]12COCCN1c1cc(OCc3cc(F)c(F)c(F)c3)nc(=O)n1C2. The van der Waals surface area contributed by atoms with Crippen LogP contribution in [0.3, 0.4) is 0 Å². The molecule has 0 amide bonds. The Hall–Kier alpha value is -2.55. The largest absolute Gasteiger partial charge is 0.473 e. The number of aromatic nitrogens is 2. The molecule has 0 N–H and O–H groups in total. The van der Waals surface area contributed by atoms with Gasteiger partial charge in [-0.25, -0.2) is 18.0 Å². The van der Waals surface area contributed by atoms with Crippen molar-refractivity contribution in [3.8, 4) is 5.88 Å². The molecular weight excluding hydrogens is 351 g/mol. The number of rotatable bonds is 3. The highest BCUT2D eigenvalue weighted by molar-refractivity contribution is 5.49. The highest BCUT2D eigenvalue weighted by atomic mass is 19.2. The Morgan fingerprint density at radius 2 is 2.00 bits per heavy atom. The van der Waals surface area contributed by atoms with Gasteiger partial charge >= 0.3 is 5.69 Å². The third-order valence-electron chi connectivity index (χ3n) is 4.70. The molecule has 4 rings (SSSR count). The zero-order chi connectivity index (χ0) is 18.5.